The lowest BCUT2D eigenvalue weighted by atomic mass is 10.00. The van der Waals surface area contributed by atoms with Crippen molar-refractivity contribution in [1.82, 2.24) is 9.97 Å². The summed E-state index contributed by atoms with van der Waals surface area (Å²) in [5.41, 5.74) is 12.0. The molecule has 0 fully saturated rings. The maximum atomic E-state index is 3.59. The highest BCUT2D eigenvalue weighted by Gasteiger charge is 2.15. The molecular weight excluding hydrogens is 597 g/mol. The summed E-state index contributed by atoms with van der Waals surface area (Å²) >= 11 is 3.82. The summed E-state index contributed by atoms with van der Waals surface area (Å²) in [5, 5.41) is 5.16. The maximum Gasteiger partial charge on any atom is 0.0542 e. The fourth-order valence-corrected chi connectivity index (χ4v) is 9.41. The molecule has 0 saturated heterocycles. The molecule has 4 heterocycles. The van der Waals surface area contributed by atoms with Crippen LogP contribution in [0.2, 0.25) is 0 Å². The number of benzene rings is 6. The van der Waals surface area contributed by atoms with Crippen LogP contribution in [0.5, 0.6) is 0 Å². The standard InChI is InChI=1S/C42H26N2S2/c1-3-13-35-31(7-1)23-37(43-35)29-11-5-9-25(19-29)27-15-17-39-33(21-27)41-42(45-39)34-22-28(16-18-40(34)46-41)26-10-6-12-30(20-26)38-24-32-8-2-4-14-36(32)44-38/h1-24,43-44H. The van der Waals surface area contributed by atoms with Crippen LogP contribution in [0.15, 0.2) is 146 Å². The van der Waals surface area contributed by atoms with Crippen molar-refractivity contribution < 1.29 is 0 Å². The largest absolute Gasteiger partial charge is 0.355 e. The Morgan fingerprint density at radius 2 is 0.783 bits per heavy atom. The smallest absolute Gasteiger partial charge is 0.0542 e. The molecule has 4 heteroatoms. The van der Waals surface area contributed by atoms with Crippen LogP contribution in [0.4, 0.5) is 0 Å². The van der Waals surface area contributed by atoms with Gasteiger partial charge in [0.15, 0.2) is 0 Å². The first kappa shape index (κ1) is 25.9. The Labute approximate surface area is 273 Å². The van der Waals surface area contributed by atoms with Crippen LogP contribution in [0, 0.1) is 0 Å². The first-order valence-electron chi connectivity index (χ1n) is 15.5. The zero-order valence-corrected chi connectivity index (χ0v) is 26.3. The number of hydrogen-bond acceptors (Lipinski definition) is 2. The van der Waals surface area contributed by atoms with E-state index in [0.717, 1.165) is 11.4 Å². The van der Waals surface area contributed by atoms with Crippen LogP contribution < -0.4 is 0 Å². The highest BCUT2D eigenvalue weighted by Crippen LogP contribution is 2.46. The first-order chi connectivity index (χ1) is 22.7. The van der Waals surface area contributed by atoms with Crippen molar-refractivity contribution in [2.24, 2.45) is 0 Å². The van der Waals surface area contributed by atoms with E-state index in [1.165, 1.54) is 84.8 Å². The number of aromatic nitrogens is 2. The van der Waals surface area contributed by atoms with Crippen molar-refractivity contribution in [3.8, 4) is 44.8 Å². The number of rotatable bonds is 4. The molecule has 0 aliphatic carbocycles. The second-order valence-electron chi connectivity index (χ2n) is 12.0. The number of hydrogen-bond donors (Lipinski definition) is 2. The van der Waals surface area contributed by atoms with Crippen LogP contribution in [0.1, 0.15) is 0 Å². The molecule has 0 amide bonds. The molecule has 0 aliphatic heterocycles. The molecule has 0 radical (unpaired) electrons. The van der Waals surface area contributed by atoms with Gasteiger partial charge in [0.2, 0.25) is 0 Å². The molecular formula is C42H26N2S2. The van der Waals surface area contributed by atoms with Crippen molar-refractivity contribution in [3.05, 3.63) is 146 Å². The van der Waals surface area contributed by atoms with E-state index in [0.29, 0.717) is 0 Å². The highest BCUT2D eigenvalue weighted by atomic mass is 32.1. The van der Waals surface area contributed by atoms with Crippen LogP contribution in [0.25, 0.3) is 96.1 Å². The normalized spacial score (nSPS) is 11.9. The molecule has 6 aromatic carbocycles. The Balaban J connectivity index is 1.04. The Hall–Kier alpha value is -5.42. The summed E-state index contributed by atoms with van der Waals surface area (Å²) < 4.78 is 5.44. The van der Waals surface area contributed by atoms with Gasteiger partial charge in [0.1, 0.15) is 0 Å². The van der Waals surface area contributed by atoms with E-state index in [-0.39, 0.29) is 0 Å². The molecule has 2 N–H and O–H groups in total. The third-order valence-corrected chi connectivity index (χ3v) is 11.7. The molecule has 10 aromatic rings. The minimum absolute atomic E-state index is 1.15. The Kier molecular flexibility index (Phi) is 5.65. The zero-order valence-electron chi connectivity index (χ0n) is 24.7. The van der Waals surface area contributed by atoms with Crippen molar-refractivity contribution in [1.29, 1.82) is 0 Å². The van der Waals surface area contributed by atoms with Gasteiger partial charge in [-0.15, -0.1) is 22.7 Å². The summed E-state index contributed by atoms with van der Waals surface area (Å²) in [6.45, 7) is 0. The Bertz CT molecular complexity index is 2510. The predicted molar refractivity (Wildman–Crippen MR) is 200 cm³/mol. The average Bonchev–Trinajstić information content (AvgIpc) is 3.89. The van der Waals surface area contributed by atoms with Crippen molar-refractivity contribution in [2.45, 2.75) is 0 Å². The lowest BCUT2D eigenvalue weighted by Crippen LogP contribution is -1.81. The topological polar surface area (TPSA) is 31.6 Å². The summed E-state index contributed by atoms with van der Waals surface area (Å²) in [4.78, 5) is 7.18. The van der Waals surface area contributed by atoms with Crippen LogP contribution in [-0.4, -0.2) is 9.97 Å². The second kappa shape index (κ2) is 10.0. The molecule has 0 saturated carbocycles. The quantitative estimate of drug-likeness (QED) is 0.196. The van der Waals surface area contributed by atoms with Crippen LogP contribution >= 0.6 is 22.7 Å². The number of aromatic amines is 2. The number of H-pyrrole nitrogens is 2. The van der Waals surface area contributed by atoms with Gasteiger partial charge in [0.05, 0.1) is 9.40 Å². The van der Waals surface area contributed by atoms with Crippen LogP contribution in [-0.2, 0) is 0 Å². The molecule has 0 unspecified atom stereocenters. The maximum absolute atomic E-state index is 3.59. The van der Waals surface area contributed by atoms with E-state index in [1.807, 2.05) is 22.7 Å². The van der Waals surface area contributed by atoms with E-state index in [9.17, 15) is 0 Å². The Morgan fingerprint density at radius 3 is 1.26 bits per heavy atom. The average molecular weight is 623 g/mol. The van der Waals surface area contributed by atoms with Crippen LogP contribution in [0.3, 0.4) is 0 Å². The fourth-order valence-electron chi connectivity index (χ4n) is 6.81. The Morgan fingerprint density at radius 1 is 0.348 bits per heavy atom. The molecule has 46 heavy (non-hydrogen) atoms. The number of fused-ring (bicyclic) bond motifs is 7. The van der Waals surface area contributed by atoms with Gasteiger partial charge in [-0.1, -0.05) is 84.9 Å². The molecule has 4 aromatic heterocycles. The van der Waals surface area contributed by atoms with Crippen molar-refractivity contribution >= 4 is 74.1 Å². The van der Waals surface area contributed by atoms with Gasteiger partial charge in [0, 0.05) is 53.4 Å². The monoisotopic (exact) mass is 622 g/mol. The fraction of sp³-hybridized carbons (Fsp3) is 0. The first-order valence-corrected chi connectivity index (χ1v) is 17.1. The molecule has 0 atom stereocenters. The zero-order chi connectivity index (χ0) is 30.2. The third-order valence-electron chi connectivity index (χ3n) is 9.15. The van der Waals surface area contributed by atoms with Gasteiger partial charge in [-0.2, -0.15) is 0 Å². The molecule has 0 bridgehead atoms. The van der Waals surface area contributed by atoms with E-state index in [2.05, 4.69) is 156 Å². The predicted octanol–water partition coefficient (Wildman–Crippen LogP) is 12.9. The van der Waals surface area contributed by atoms with Gasteiger partial charge in [-0.05, 0) is 94.0 Å². The summed E-state index contributed by atoms with van der Waals surface area (Å²) in [5.74, 6) is 0. The van der Waals surface area contributed by atoms with Crippen molar-refractivity contribution in [3.63, 3.8) is 0 Å². The minimum Gasteiger partial charge on any atom is -0.355 e. The minimum atomic E-state index is 1.15. The van der Waals surface area contributed by atoms with Gasteiger partial charge in [-0.25, -0.2) is 0 Å². The van der Waals surface area contributed by atoms with Gasteiger partial charge < -0.3 is 9.97 Å². The van der Waals surface area contributed by atoms with E-state index in [4.69, 9.17) is 0 Å². The molecule has 2 nitrogen and oxygen atoms in total. The number of para-hydroxylation sites is 2. The highest BCUT2D eigenvalue weighted by molar-refractivity contribution is 7.36. The summed E-state index contributed by atoms with van der Waals surface area (Å²) in [6.07, 6.45) is 0. The van der Waals surface area contributed by atoms with E-state index < -0.39 is 0 Å². The summed E-state index contributed by atoms with van der Waals surface area (Å²) in [7, 11) is 0. The van der Waals surface area contributed by atoms with E-state index >= 15 is 0 Å². The SMILES string of the molecule is c1cc(-c2ccc3sc4c5cc(-c6cccc(-c7cc8ccccc8[nH]7)c6)ccc5sc4c3c2)cc(-c2cc3ccccc3[nH]2)c1. The lowest BCUT2D eigenvalue weighted by molar-refractivity contribution is 1.45. The third kappa shape index (κ3) is 4.15. The van der Waals surface area contributed by atoms with Crippen molar-refractivity contribution in [2.75, 3.05) is 0 Å². The summed E-state index contributed by atoms with van der Waals surface area (Å²) in [6, 6.07) is 53.1. The van der Waals surface area contributed by atoms with E-state index in [1.54, 1.807) is 0 Å². The van der Waals surface area contributed by atoms with Gasteiger partial charge in [-0.3, -0.25) is 0 Å². The number of nitrogens with one attached hydrogen (secondary N) is 2. The number of thiophene rings is 2. The second-order valence-corrected chi connectivity index (χ2v) is 14.1. The molecule has 0 aliphatic rings. The lowest BCUT2D eigenvalue weighted by Gasteiger charge is -2.06. The van der Waals surface area contributed by atoms with Gasteiger partial charge >= 0.3 is 0 Å². The molecule has 10 rings (SSSR count). The molecule has 0 spiro atoms. The molecule has 216 valence electrons. The van der Waals surface area contributed by atoms with Gasteiger partial charge in [0.25, 0.3) is 0 Å².